The SMILES string of the molecule is O=C(NCC1CCOC1)c1cc(S)ccc1F. The Kier molecular flexibility index (Phi) is 4.02. The van der Waals surface area contributed by atoms with Crippen LogP contribution < -0.4 is 5.32 Å². The number of nitrogens with one attached hydrogen (secondary N) is 1. The molecule has 5 heteroatoms. The zero-order chi connectivity index (χ0) is 12.3. The molecule has 0 aromatic heterocycles. The average molecular weight is 255 g/mol. The summed E-state index contributed by atoms with van der Waals surface area (Å²) in [5.41, 5.74) is 0.0383. The van der Waals surface area contributed by atoms with E-state index in [1.165, 1.54) is 18.2 Å². The lowest BCUT2D eigenvalue weighted by atomic mass is 10.1. The first kappa shape index (κ1) is 12.4. The lowest BCUT2D eigenvalue weighted by Gasteiger charge is -2.10. The van der Waals surface area contributed by atoms with Gasteiger partial charge >= 0.3 is 0 Å². The number of amides is 1. The second-order valence-electron chi connectivity index (χ2n) is 4.10. The van der Waals surface area contributed by atoms with Crippen molar-refractivity contribution in [1.82, 2.24) is 5.32 Å². The summed E-state index contributed by atoms with van der Waals surface area (Å²) in [7, 11) is 0. The molecule has 17 heavy (non-hydrogen) atoms. The molecule has 1 aliphatic rings. The van der Waals surface area contributed by atoms with E-state index in [2.05, 4.69) is 17.9 Å². The molecule has 1 unspecified atom stereocenters. The Bertz CT molecular complexity index is 419. The monoisotopic (exact) mass is 255 g/mol. The van der Waals surface area contributed by atoms with Crippen molar-refractivity contribution in [3.05, 3.63) is 29.6 Å². The zero-order valence-electron chi connectivity index (χ0n) is 9.28. The molecular formula is C12H14FNO2S. The predicted molar refractivity (Wildman–Crippen MR) is 64.9 cm³/mol. The summed E-state index contributed by atoms with van der Waals surface area (Å²) in [6.07, 6.45) is 0.940. The van der Waals surface area contributed by atoms with Gasteiger partial charge in [-0.2, -0.15) is 0 Å². The van der Waals surface area contributed by atoms with E-state index in [4.69, 9.17) is 4.74 Å². The van der Waals surface area contributed by atoms with Gasteiger partial charge in [0.2, 0.25) is 0 Å². The van der Waals surface area contributed by atoms with Gasteiger partial charge in [-0.1, -0.05) is 0 Å². The molecule has 92 valence electrons. The lowest BCUT2D eigenvalue weighted by molar-refractivity contribution is 0.0940. The summed E-state index contributed by atoms with van der Waals surface area (Å²) < 4.78 is 18.6. The van der Waals surface area contributed by atoms with Gasteiger partial charge in [-0.3, -0.25) is 4.79 Å². The summed E-state index contributed by atoms with van der Waals surface area (Å²) in [4.78, 5) is 12.3. The Morgan fingerprint density at radius 1 is 1.59 bits per heavy atom. The topological polar surface area (TPSA) is 38.3 Å². The van der Waals surface area contributed by atoms with E-state index in [1.54, 1.807) is 0 Å². The van der Waals surface area contributed by atoms with Crippen molar-refractivity contribution < 1.29 is 13.9 Å². The molecule has 1 N–H and O–H groups in total. The van der Waals surface area contributed by atoms with Gasteiger partial charge in [0.25, 0.3) is 5.91 Å². The highest BCUT2D eigenvalue weighted by atomic mass is 32.1. The van der Waals surface area contributed by atoms with Gasteiger partial charge in [0.1, 0.15) is 5.82 Å². The standard InChI is InChI=1S/C12H14FNO2S/c13-11-2-1-9(17)5-10(11)12(15)14-6-8-3-4-16-7-8/h1-2,5,8,17H,3-4,6-7H2,(H,14,15). The van der Waals surface area contributed by atoms with Crippen LogP contribution in [0, 0.1) is 11.7 Å². The molecule has 3 nitrogen and oxygen atoms in total. The van der Waals surface area contributed by atoms with Gasteiger partial charge in [-0.25, -0.2) is 4.39 Å². The first-order valence-electron chi connectivity index (χ1n) is 5.51. The van der Waals surface area contributed by atoms with E-state index < -0.39 is 11.7 Å². The van der Waals surface area contributed by atoms with Crippen LogP contribution >= 0.6 is 12.6 Å². The molecule has 1 amide bonds. The minimum absolute atomic E-state index is 0.0383. The number of halogens is 1. The fourth-order valence-corrected chi connectivity index (χ4v) is 1.97. The van der Waals surface area contributed by atoms with Crippen LogP contribution in [0.15, 0.2) is 23.1 Å². The summed E-state index contributed by atoms with van der Waals surface area (Å²) in [6.45, 7) is 1.92. The number of carbonyl (C=O) groups is 1. The number of ether oxygens (including phenoxy) is 1. The van der Waals surface area contributed by atoms with Crippen molar-refractivity contribution in [1.29, 1.82) is 0 Å². The van der Waals surface area contributed by atoms with Crippen LogP contribution in [0.5, 0.6) is 0 Å². The van der Waals surface area contributed by atoms with Crippen LogP contribution in [0.4, 0.5) is 4.39 Å². The largest absolute Gasteiger partial charge is 0.381 e. The number of benzene rings is 1. The third-order valence-corrected chi connectivity index (χ3v) is 3.05. The lowest BCUT2D eigenvalue weighted by Crippen LogP contribution is -2.30. The fraction of sp³-hybridized carbons (Fsp3) is 0.417. The Morgan fingerprint density at radius 2 is 2.41 bits per heavy atom. The molecule has 1 aromatic carbocycles. The van der Waals surface area contributed by atoms with Crippen molar-refractivity contribution in [2.24, 2.45) is 5.92 Å². The van der Waals surface area contributed by atoms with Crippen LogP contribution in [-0.4, -0.2) is 25.7 Å². The minimum Gasteiger partial charge on any atom is -0.381 e. The van der Waals surface area contributed by atoms with E-state index >= 15 is 0 Å². The van der Waals surface area contributed by atoms with Crippen LogP contribution in [0.3, 0.4) is 0 Å². The number of rotatable bonds is 3. The number of thiol groups is 1. The summed E-state index contributed by atoms with van der Waals surface area (Å²) in [5, 5.41) is 2.72. The second-order valence-corrected chi connectivity index (χ2v) is 4.62. The molecule has 1 fully saturated rings. The van der Waals surface area contributed by atoms with Gasteiger partial charge in [-0.15, -0.1) is 12.6 Å². The zero-order valence-corrected chi connectivity index (χ0v) is 10.2. The second kappa shape index (κ2) is 5.51. The van der Waals surface area contributed by atoms with Crippen LogP contribution in [0.2, 0.25) is 0 Å². The molecule has 1 heterocycles. The van der Waals surface area contributed by atoms with Crippen molar-refractivity contribution in [2.45, 2.75) is 11.3 Å². The van der Waals surface area contributed by atoms with Crippen LogP contribution in [0.25, 0.3) is 0 Å². The summed E-state index contributed by atoms with van der Waals surface area (Å²) in [6, 6.07) is 4.19. The molecule has 1 aliphatic heterocycles. The quantitative estimate of drug-likeness (QED) is 0.809. The van der Waals surface area contributed by atoms with Gasteiger partial charge in [0, 0.05) is 24.0 Å². The molecule has 1 aromatic rings. The Hall–Kier alpha value is -1.07. The van der Waals surface area contributed by atoms with E-state index in [9.17, 15) is 9.18 Å². The van der Waals surface area contributed by atoms with Gasteiger partial charge in [0.15, 0.2) is 0 Å². The minimum atomic E-state index is -0.525. The van der Waals surface area contributed by atoms with Crippen LogP contribution in [-0.2, 0) is 4.74 Å². The molecular weight excluding hydrogens is 241 g/mol. The van der Waals surface area contributed by atoms with Gasteiger partial charge in [-0.05, 0) is 24.6 Å². The van der Waals surface area contributed by atoms with E-state index in [0.717, 1.165) is 13.0 Å². The van der Waals surface area contributed by atoms with E-state index in [0.29, 0.717) is 24.0 Å². The first-order valence-corrected chi connectivity index (χ1v) is 5.96. The maximum Gasteiger partial charge on any atom is 0.254 e. The molecule has 2 rings (SSSR count). The normalized spacial score (nSPS) is 19.3. The predicted octanol–water partition coefficient (Wildman–Crippen LogP) is 1.88. The molecule has 1 atom stereocenters. The fourth-order valence-electron chi connectivity index (χ4n) is 1.76. The molecule has 0 aliphatic carbocycles. The van der Waals surface area contributed by atoms with Crippen LogP contribution in [0.1, 0.15) is 16.8 Å². The van der Waals surface area contributed by atoms with Crippen molar-refractivity contribution >= 4 is 18.5 Å². The molecule has 0 radical (unpaired) electrons. The number of hydrogen-bond acceptors (Lipinski definition) is 3. The van der Waals surface area contributed by atoms with E-state index in [-0.39, 0.29) is 5.56 Å². The third kappa shape index (κ3) is 3.20. The highest BCUT2D eigenvalue weighted by Crippen LogP contribution is 2.14. The van der Waals surface area contributed by atoms with Crippen molar-refractivity contribution in [3.8, 4) is 0 Å². The van der Waals surface area contributed by atoms with Crippen molar-refractivity contribution in [2.75, 3.05) is 19.8 Å². The highest BCUT2D eigenvalue weighted by Gasteiger charge is 2.18. The molecule has 1 saturated heterocycles. The maximum atomic E-state index is 13.4. The number of hydrogen-bond donors (Lipinski definition) is 2. The Balaban J connectivity index is 1.96. The Labute approximate surface area is 105 Å². The van der Waals surface area contributed by atoms with Crippen molar-refractivity contribution in [3.63, 3.8) is 0 Å². The summed E-state index contributed by atoms with van der Waals surface area (Å²) in [5.74, 6) is -0.588. The van der Waals surface area contributed by atoms with Gasteiger partial charge < -0.3 is 10.1 Å². The molecule has 0 bridgehead atoms. The molecule has 0 saturated carbocycles. The summed E-state index contributed by atoms with van der Waals surface area (Å²) >= 11 is 4.08. The Morgan fingerprint density at radius 3 is 3.12 bits per heavy atom. The first-order chi connectivity index (χ1) is 8.16. The maximum absolute atomic E-state index is 13.4. The number of carbonyl (C=O) groups excluding carboxylic acids is 1. The van der Waals surface area contributed by atoms with E-state index in [1.807, 2.05) is 0 Å². The average Bonchev–Trinajstić information content (AvgIpc) is 2.82. The third-order valence-electron chi connectivity index (χ3n) is 2.77. The smallest absolute Gasteiger partial charge is 0.254 e. The highest BCUT2D eigenvalue weighted by molar-refractivity contribution is 7.80. The molecule has 0 spiro atoms. The van der Waals surface area contributed by atoms with Gasteiger partial charge in [0.05, 0.1) is 12.2 Å².